The fourth-order valence-electron chi connectivity index (χ4n) is 5.22. The molecule has 0 atom stereocenters. The summed E-state index contributed by atoms with van der Waals surface area (Å²) in [4.78, 5) is 39.1. The molecule has 2 aliphatic rings. The van der Waals surface area contributed by atoms with E-state index in [1.807, 2.05) is 49.9 Å². The average Bonchev–Trinajstić information content (AvgIpc) is 2.82. The monoisotopic (exact) mass is 514 g/mol. The standard InChI is InChI=1S/C27H35ClN4O4/c1-26(2,3)36-25(35)29-18-27(19-6-4-7-20(28)16-19)13-11-21(12-14-27)32-24(34)10-9-23(30-32)31-15-5-8-22(33)17-31/h4,6-7,9-10,16,21H,5,8,11-15,17-18H2,1-3H3,(H,29,35). The number of hydrogen-bond acceptors (Lipinski definition) is 6. The van der Waals surface area contributed by atoms with Crippen LogP contribution in [0.15, 0.2) is 41.2 Å². The predicted molar refractivity (Wildman–Crippen MR) is 140 cm³/mol. The highest BCUT2D eigenvalue weighted by atomic mass is 35.5. The van der Waals surface area contributed by atoms with Crippen LogP contribution in [0, 0.1) is 0 Å². The number of aromatic nitrogens is 2. The van der Waals surface area contributed by atoms with Gasteiger partial charge in [-0.25, -0.2) is 9.48 Å². The van der Waals surface area contributed by atoms with Crippen LogP contribution in [0.1, 0.15) is 70.9 Å². The number of benzene rings is 1. The number of anilines is 1. The van der Waals surface area contributed by atoms with Gasteiger partial charge < -0.3 is 15.0 Å². The summed E-state index contributed by atoms with van der Waals surface area (Å²) in [7, 11) is 0. The number of piperidine rings is 1. The van der Waals surface area contributed by atoms with Crippen molar-refractivity contribution in [2.45, 2.75) is 76.4 Å². The molecule has 194 valence electrons. The topological polar surface area (TPSA) is 93.5 Å². The van der Waals surface area contributed by atoms with Crippen molar-refractivity contribution in [2.24, 2.45) is 0 Å². The summed E-state index contributed by atoms with van der Waals surface area (Å²) in [6.45, 7) is 7.02. The quantitative estimate of drug-likeness (QED) is 0.624. The van der Waals surface area contributed by atoms with E-state index in [9.17, 15) is 14.4 Å². The number of Topliss-reactive ketones (excluding diaryl/α,β-unsaturated/α-hetero) is 1. The first-order valence-electron chi connectivity index (χ1n) is 12.6. The molecule has 1 saturated carbocycles. The van der Waals surface area contributed by atoms with Crippen molar-refractivity contribution >= 4 is 29.3 Å². The van der Waals surface area contributed by atoms with Crippen LogP contribution in [-0.2, 0) is 14.9 Å². The number of nitrogens with one attached hydrogen (secondary N) is 1. The van der Waals surface area contributed by atoms with Gasteiger partial charge in [0.2, 0.25) is 0 Å². The molecule has 1 aliphatic carbocycles. The fourth-order valence-corrected chi connectivity index (χ4v) is 5.41. The van der Waals surface area contributed by atoms with Crippen LogP contribution in [0.25, 0.3) is 0 Å². The number of alkyl carbamates (subject to hydrolysis) is 1. The predicted octanol–water partition coefficient (Wildman–Crippen LogP) is 4.64. The Morgan fingerprint density at radius 3 is 2.61 bits per heavy atom. The Hall–Kier alpha value is -2.87. The maximum atomic E-state index is 12.8. The van der Waals surface area contributed by atoms with Crippen LogP contribution < -0.4 is 15.8 Å². The zero-order chi connectivity index (χ0) is 25.9. The third kappa shape index (κ3) is 6.27. The molecule has 2 aromatic rings. The summed E-state index contributed by atoms with van der Waals surface area (Å²) >= 11 is 6.33. The van der Waals surface area contributed by atoms with Crippen molar-refractivity contribution in [3.63, 3.8) is 0 Å². The Labute approximate surface area is 217 Å². The Kier molecular flexibility index (Phi) is 7.73. The number of carbonyl (C=O) groups excluding carboxylic acids is 2. The van der Waals surface area contributed by atoms with E-state index in [0.29, 0.717) is 30.4 Å². The van der Waals surface area contributed by atoms with Gasteiger partial charge in [-0.2, -0.15) is 5.10 Å². The largest absolute Gasteiger partial charge is 0.444 e. The molecule has 0 spiro atoms. The number of carbonyl (C=O) groups is 2. The molecule has 0 unspecified atom stereocenters. The minimum atomic E-state index is -0.582. The lowest BCUT2D eigenvalue weighted by Crippen LogP contribution is -2.45. The summed E-state index contributed by atoms with van der Waals surface area (Å²) in [5.41, 5.74) is 0.000236. The molecule has 1 amide bonds. The molecular weight excluding hydrogens is 480 g/mol. The summed E-state index contributed by atoms with van der Waals surface area (Å²) in [5, 5.41) is 8.28. The first kappa shape index (κ1) is 26.2. The lowest BCUT2D eigenvalue weighted by atomic mass is 9.68. The minimum absolute atomic E-state index is 0.0632. The zero-order valence-corrected chi connectivity index (χ0v) is 22.0. The summed E-state index contributed by atoms with van der Waals surface area (Å²) in [6.07, 6.45) is 3.88. The number of amides is 1. The number of hydrogen-bond donors (Lipinski definition) is 1. The lowest BCUT2D eigenvalue weighted by molar-refractivity contribution is -0.118. The van der Waals surface area contributed by atoms with Gasteiger partial charge in [0.15, 0.2) is 5.78 Å². The molecule has 0 radical (unpaired) electrons. The first-order valence-corrected chi connectivity index (χ1v) is 13.0. The maximum absolute atomic E-state index is 12.8. The Bertz CT molecular complexity index is 1160. The van der Waals surface area contributed by atoms with E-state index in [1.54, 1.807) is 16.8 Å². The Morgan fingerprint density at radius 1 is 1.19 bits per heavy atom. The van der Waals surface area contributed by atoms with Crippen molar-refractivity contribution in [1.29, 1.82) is 0 Å². The zero-order valence-electron chi connectivity index (χ0n) is 21.3. The second-order valence-electron chi connectivity index (χ2n) is 10.9. The van der Waals surface area contributed by atoms with Gasteiger partial charge in [-0.1, -0.05) is 23.7 Å². The van der Waals surface area contributed by atoms with Gasteiger partial charge in [-0.05, 0) is 76.6 Å². The van der Waals surface area contributed by atoms with Crippen molar-refractivity contribution in [3.8, 4) is 0 Å². The maximum Gasteiger partial charge on any atom is 0.407 e. The molecule has 1 aromatic carbocycles. The van der Waals surface area contributed by atoms with Gasteiger partial charge in [0.05, 0.1) is 12.6 Å². The normalized spacial score (nSPS) is 22.8. The number of halogens is 1. The van der Waals surface area contributed by atoms with E-state index in [0.717, 1.165) is 44.2 Å². The Balaban J connectivity index is 1.53. The molecule has 4 rings (SSSR count). The van der Waals surface area contributed by atoms with Crippen LogP contribution in [-0.4, -0.2) is 46.9 Å². The highest BCUT2D eigenvalue weighted by Gasteiger charge is 2.39. The number of ketones is 1. The molecule has 2 fully saturated rings. The van der Waals surface area contributed by atoms with Crippen LogP contribution in [0.2, 0.25) is 5.02 Å². The molecule has 0 bridgehead atoms. The second-order valence-corrected chi connectivity index (χ2v) is 11.4. The summed E-state index contributed by atoms with van der Waals surface area (Å²) < 4.78 is 7.04. The average molecular weight is 515 g/mol. The van der Waals surface area contributed by atoms with E-state index >= 15 is 0 Å². The van der Waals surface area contributed by atoms with Crippen LogP contribution in [0.4, 0.5) is 10.6 Å². The summed E-state index contributed by atoms with van der Waals surface area (Å²) in [5.74, 6) is 0.864. The summed E-state index contributed by atoms with van der Waals surface area (Å²) in [6, 6.07) is 11.0. The van der Waals surface area contributed by atoms with Gasteiger partial charge in [0, 0.05) is 36.0 Å². The smallest absolute Gasteiger partial charge is 0.407 e. The van der Waals surface area contributed by atoms with Crippen LogP contribution in [0.3, 0.4) is 0 Å². The first-order chi connectivity index (χ1) is 17.0. The molecule has 2 heterocycles. The van der Waals surface area contributed by atoms with E-state index in [1.165, 1.54) is 0 Å². The van der Waals surface area contributed by atoms with Gasteiger partial charge in [-0.15, -0.1) is 0 Å². The minimum Gasteiger partial charge on any atom is -0.444 e. The fraction of sp³-hybridized carbons (Fsp3) is 0.556. The SMILES string of the molecule is CC(C)(C)OC(=O)NCC1(c2cccc(Cl)c2)CCC(n2nc(N3CCCC(=O)C3)ccc2=O)CC1. The van der Waals surface area contributed by atoms with E-state index < -0.39 is 11.7 Å². The molecule has 36 heavy (non-hydrogen) atoms. The van der Waals surface area contributed by atoms with E-state index in [2.05, 4.69) is 10.4 Å². The van der Waals surface area contributed by atoms with Crippen molar-refractivity contribution < 1.29 is 14.3 Å². The van der Waals surface area contributed by atoms with Crippen molar-refractivity contribution in [3.05, 3.63) is 57.3 Å². The molecule has 9 heteroatoms. The van der Waals surface area contributed by atoms with Gasteiger partial charge in [0.1, 0.15) is 11.4 Å². The third-order valence-electron chi connectivity index (χ3n) is 7.05. The van der Waals surface area contributed by atoms with Crippen molar-refractivity contribution in [2.75, 3.05) is 24.5 Å². The number of nitrogens with zero attached hydrogens (tertiary/aromatic N) is 3. The van der Waals surface area contributed by atoms with Gasteiger partial charge in [-0.3, -0.25) is 9.59 Å². The molecule has 1 aliphatic heterocycles. The molecular formula is C27H35ClN4O4. The van der Waals surface area contributed by atoms with E-state index in [4.69, 9.17) is 16.3 Å². The lowest BCUT2D eigenvalue weighted by Gasteiger charge is -2.41. The van der Waals surface area contributed by atoms with Crippen LogP contribution in [0.5, 0.6) is 0 Å². The van der Waals surface area contributed by atoms with Crippen LogP contribution >= 0.6 is 11.6 Å². The highest BCUT2D eigenvalue weighted by Crippen LogP contribution is 2.43. The molecule has 1 N–H and O–H groups in total. The van der Waals surface area contributed by atoms with Crippen molar-refractivity contribution in [1.82, 2.24) is 15.1 Å². The van der Waals surface area contributed by atoms with E-state index in [-0.39, 0.29) is 22.8 Å². The third-order valence-corrected chi connectivity index (χ3v) is 7.29. The Morgan fingerprint density at radius 2 is 1.94 bits per heavy atom. The number of rotatable bonds is 5. The molecule has 1 saturated heterocycles. The highest BCUT2D eigenvalue weighted by molar-refractivity contribution is 6.30. The molecule has 8 nitrogen and oxygen atoms in total. The van der Waals surface area contributed by atoms with Gasteiger partial charge in [0.25, 0.3) is 5.56 Å². The molecule has 1 aromatic heterocycles. The van der Waals surface area contributed by atoms with Gasteiger partial charge >= 0.3 is 6.09 Å². The second kappa shape index (κ2) is 10.6. The number of ether oxygens (including phenoxy) is 1.